The molecular weight excluding hydrogens is 212 g/mol. The molecule has 0 aromatic heterocycles. The van der Waals surface area contributed by atoms with Gasteiger partial charge in [-0.1, -0.05) is 13.8 Å². The van der Waals surface area contributed by atoms with E-state index in [1.807, 2.05) is 32.0 Å². The highest BCUT2D eigenvalue weighted by molar-refractivity contribution is 5.56. The minimum Gasteiger partial charge on any atom is -0.399 e. The Labute approximate surface area is 104 Å². The van der Waals surface area contributed by atoms with Crippen molar-refractivity contribution in [2.45, 2.75) is 39.7 Å². The van der Waals surface area contributed by atoms with Gasteiger partial charge in [-0.3, -0.25) is 0 Å². The number of benzene rings is 1. The van der Waals surface area contributed by atoms with E-state index in [-0.39, 0.29) is 0 Å². The standard InChI is InChI=1S/C14H24N2O/c1-10(2)8-14(4,17)9-16-13-6-11(3)5-12(15)7-13/h5-7,10,16-17H,8-9,15H2,1-4H3. The molecule has 0 fully saturated rings. The van der Waals surface area contributed by atoms with Crippen molar-refractivity contribution >= 4 is 11.4 Å². The fraction of sp³-hybridized carbons (Fsp3) is 0.571. The second-order valence-electron chi connectivity index (χ2n) is 5.58. The molecule has 0 aliphatic rings. The van der Waals surface area contributed by atoms with Gasteiger partial charge in [0.25, 0.3) is 0 Å². The van der Waals surface area contributed by atoms with Crippen molar-refractivity contribution in [3.63, 3.8) is 0 Å². The molecule has 1 rings (SSSR count). The molecule has 0 heterocycles. The minimum atomic E-state index is -0.688. The van der Waals surface area contributed by atoms with Crippen molar-refractivity contribution in [3.05, 3.63) is 23.8 Å². The molecule has 3 nitrogen and oxygen atoms in total. The first-order chi connectivity index (χ1) is 7.78. The molecule has 17 heavy (non-hydrogen) atoms. The van der Waals surface area contributed by atoms with Gasteiger partial charge in [0.2, 0.25) is 0 Å². The molecule has 1 atom stereocenters. The highest BCUT2D eigenvalue weighted by atomic mass is 16.3. The Bertz CT molecular complexity index is 352. The van der Waals surface area contributed by atoms with Crippen LogP contribution < -0.4 is 11.1 Å². The molecule has 0 spiro atoms. The predicted octanol–water partition coefficient (Wildman–Crippen LogP) is 2.79. The van der Waals surface area contributed by atoms with Crippen LogP contribution in [0.25, 0.3) is 0 Å². The van der Waals surface area contributed by atoms with Crippen LogP contribution in [0, 0.1) is 12.8 Å². The van der Waals surface area contributed by atoms with Gasteiger partial charge in [-0.15, -0.1) is 0 Å². The van der Waals surface area contributed by atoms with Gasteiger partial charge in [0.1, 0.15) is 0 Å². The van der Waals surface area contributed by atoms with E-state index >= 15 is 0 Å². The SMILES string of the molecule is Cc1cc(N)cc(NCC(C)(O)CC(C)C)c1. The third-order valence-corrected chi connectivity index (χ3v) is 2.62. The number of rotatable bonds is 5. The van der Waals surface area contributed by atoms with Crippen LogP contribution in [0.15, 0.2) is 18.2 Å². The van der Waals surface area contributed by atoms with Crippen LogP contribution in [0.5, 0.6) is 0 Å². The van der Waals surface area contributed by atoms with E-state index in [4.69, 9.17) is 5.73 Å². The molecule has 0 aliphatic heterocycles. The van der Waals surface area contributed by atoms with E-state index in [0.29, 0.717) is 12.5 Å². The molecule has 0 aliphatic carbocycles. The zero-order chi connectivity index (χ0) is 13.1. The van der Waals surface area contributed by atoms with E-state index in [9.17, 15) is 5.11 Å². The Morgan fingerprint density at radius 3 is 2.53 bits per heavy atom. The lowest BCUT2D eigenvalue weighted by atomic mass is 9.94. The second kappa shape index (κ2) is 5.41. The van der Waals surface area contributed by atoms with E-state index in [0.717, 1.165) is 23.4 Å². The van der Waals surface area contributed by atoms with Gasteiger partial charge in [0.15, 0.2) is 0 Å². The maximum absolute atomic E-state index is 10.2. The van der Waals surface area contributed by atoms with E-state index in [1.54, 1.807) is 0 Å². The van der Waals surface area contributed by atoms with Gasteiger partial charge in [-0.25, -0.2) is 0 Å². The second-order valence-corrected chi connectivity index (χ2v) is 5.58. The maximum Gasteiger partial charge on any atom is 0.0793 e. The molecule has 1 aromatic rings. The van der Waals surface area contributed by atoms with E-state index in [2.05, 4.69) is 19.2 Å². The summed E-state index contributed by atoms with van der Waals surface area (Å²) in [6.45, 7) is 8.62. The molecule has 4 N–H and O–H groups in total. The summed E-state index contributed by atoms with van der Waals surface area (Å²) in [4.78, 5) is 0. The Kier molecular flexibility index (Phi) is 4.40. The summed E-state index contributed by atoms with van der Waals surface area (Å²) in [6, 6.07) is 5.84. The van der Waals surface area contributed by atoms with Crippen LogP contribution in [-0.2, 0) is 0 Å². The van der Waals surface area contributed by atoms with Crippen LogP contribution in [-0.4, -0.2) is 17.3 Å². The van der Waals surface area contributed by atoms with E-state index < -0.39 is 5.60 Å². The molecule has 0 radical (unpaired) electrons. The predicted molar refractivity (Wildman–Crippen MR) is 74.2 cm³/mol. The van der Waals surface area contributed by atoms with Crippen molar-refractivity contribution in [2.75, 3.05) is 17.6 Å². The topological polar surface area (TPSA) is 58.3 Å². The fourth-order valence-electron chi connectivity index (χ4n) is 2.16. The maximum atomic E-state index is 10.2. The molecule has 0 saturated heterocycles. The van der Waals surface area contributed by atoms with Gasteiger partial charge in [-0.2, -0.15) is 0 Å². The van der Waals surface area contributed by atoms with Crippen molar-refractivity contribution in [2.24, 2.45) is 5.92 Å². The Morgan fingerprint density at radius 2 is 2.00 bits per heavy atom. The van der Waals surface area contributed by atoms with Crippen LogP contribution >= 0.6 is 0 Å². The first-order valence-corrected chi connectivity index (χ1v) is 6.12. The summed E-state index contributed by atoms with van der Waals surface area (Å²) in [5.74, 6) is 0.481. The number of nitrogens with one attached hydrogen (secondary N) is 1. The van der Waals surface area contributed by atoms with Gasteiger partial charge in [-0.05, 0) is 49.9 Å². The Morgan fingerprint density at radius 1 is 1.35 bits per heavy atom. The zero-order valence-electron chi connectivity index (χ0n) is 11.2. The number of aliphatic hydroxyl groups is 1. The van der Waals surface area contributed by atoms with Crippen molar-refractivity contribution in [3.8, 4) is 0 Å². The molecule has 1 unspecified atom stereocenters. The minimum absolute atomic E-state index is 0.481. The lowest BCUT2D eigenvalue weighted by Crippen LogP contribution is -2.34. The molecule has 0 bridgehead atoms. The fourth-order valence-corrected chi connectivity index (χ4v) is 2.16. The third-order valence-electron chi connectivity index (χ3n) is 2.62. The van der Waals surface area contributed by atoms with Gasteiger partial charge in [0.05, 0.1) is 5.60 Å². The number of hydrogen-bond acceptors (Lipinski definition) is 3. The summed E-state index contributed by atoms with van der Waals surface area (Å²) in [5, 5.41) is 13.4. The lowest BCUT2D eigenvalue weighted by molar-refractivity contribution is 0.0515. The number of nitrogen functional groups attached to an aromatic ring is 1. The van der Waals surface area contributed by atoms with Crippen LogP contribution in [0.2, 0.25) is 0 Å². The highest BCUT2D eigenvalue weighted by Gasteiger charge is 2.21. The van der Waals surface area contributed by atoms with Crippen molar-refractivity contribution < 1.29 is 5.11 Å². The largest absolute Gasteiger partial charge is 0.399 e. The molecule has 96 valence electrons. The third kappa shape index (κ3) is 5.09. The zero-order valence-corrected chi connectivity index (χ0v) is 11.2. The average Bonchev–Trinajstić information content (AvgIpc) is 2.11. The molecular formula is C14H24N2O. The van der Waals surface area contributed by atoms with Gasteiger partial charge in [0, 0.05) is 17.9 Å². The monoisotopic (exact) mass is 236 g/mol. The van der Waals surface area contributed by atoms with E-state index in [1.165, 1.54) is 0 Å². The van der Waals surface area contributed by atoms with Crippen LogP contribution in [0.1, 0.15) is 32.8 Å². The van der Waals surface area contributed by atoms with Crippen LogP contribution in [0.4, 0.5) is 11.4 Å². The summed E-state index contributed by atoms with van der Waals surface area (Å²) in [7, 11) is 0. The number of hydrogen-bond donors (Lipinski definition) is 3. The lowest BCUT2D eigenvalue weighted by Gasteiger charge is -2.26. The summed E-state index contributed by atoms with van der Waals surface area (Å²) < 4.78 is 0. The molecule has 0 saturated carbocycles. The number of anilines is 2. The van der Waals surface area contributed by atoms with Crippen LogP contribution in [0.3, 0.4) is 0 Å². The number of aryl methyl sites for hydroxylation is 1. The molecule has 0 amide bonds. The van der Waals surface area contributed by atoms with Crippen molar-refractivity contribution in [1.29, 1.82) is 0 Å². The first-order valence-electron chi connectivity index (χ1n) is 6.12. The smallest absolute Gasteiger partial charge is 0.0793 e. The summed E-state index contributed by atoms with van der Waals surface area (Å²) >= 11 is 0. The normalized spacial score (nSPS) is 14.7. The summed E-state index contributed by atoms with van der Waals surface area (Å²) in [6.07, 6.45) is 0.779. The van der Waals surface area contributed by atoms with Gasteiger partial charge < -0.3 is 16.2 Å². The van der Waals surface area contributed by atoms with Crippen molar-refractivity contribution in [1.82, 2.24) is 0 Å². The van der Waals surface area contributed by atoms with Gasteiger partial charge >= 0.3 is 0 Å². The quantitative estimate of drug-likeness (QED) is 0.689. The summed E-state index contributed by atoms with van der Waals surface area (Å²) in [5.41, 5.74) is 7.92. The molecule has 3 heteroatoms. The first kappa shape index (κ1) is 13.8. The highest BCUT2D eigenvalue weighted by Crippen LogP contribution is 2.20. The molecule has 1 aromatic carbocycles. The number of nitrogens with two attached hydrogens (primary N) is 1. The Balaban J connectivity index is 2.60. The average molecular weight is 236 g/mol. The Hall–Kier alpha value is -1.22.